The molecule has 0 radical (unpaired) electrons. The molecular formula is C17H15N5O2. The molecule has 24 heavy (non-hydrogen) atoms. The van der Waals surface area contributed by atoms with Crippen LogP contribution < -0.4 is 11.5 Å². The molecule has 3 aromatic rings. The van der Waals surface area contributed by atoms with Gasteiger partial charge in [-0.05, 0) is 17.7 Å². The largest absolute Gasteiger partial charge is 0.508 e. The van der Waals surface area contributed by atoms with Gasteiger partial charge in [0, 0.05) is 23.4 Å². The fourth-order valence-corrected chi connectivity index (χ4v) is 2.30. The van der Waals surface area contributed by atoms with Crippen molar-refractivity contribution in [1.29, 1.82) is 0 Å². The van der Waals surface area contributed by atoms with Crippen LogP contribution in [0.15, 0.2) is 59.7 Å². The number of nitrogens with zero attached hydrogens (tertiary/aromatic N) is 3. The van der Waals surface area contributed by atoms with Crippen LogP contribution >= 0.6 is 0 Å². The second kappa shape index (κ2) is 6.25. The minimum absolute atomic E-state index is 0.0454. The Morgan fingerprint density at radius 1 is 0.958 bits per heavy atom. The maximum absolute atomic E-state index is 10.2. The number of benzene rings is 2. The van der Waals surface area contributed by atoms with Crippen LogP contribution in [0, 0.1) is 0 Å². The summed E-state index contributed by atoms with van der Waals surface area (Å²) in [7, 11) is 0. The Kier molecular flexibility index (Phi) is 3.98. The van der Waals surface area contributed by atoms with E-state index < -0.39 is 0 Å². The smallest absolute Gasteiger partial charge is 0.253 e. The van der Waals surface area contributed by atoms with Gasteiger partial charge in [0.1, 0.15) is 11.5 Å². The Labute approximate surface area is 138 Å². The van der Waals surface area contributed by atoms with Gasteiger partial charge in [-0.25, -0.2) is 9.97 Å². The number of guanidine groups is 1. The van der Waals surface area contributed by atoms with Crippen LogP contribution in [0.2, 0.25) is 0 Å². The monoisotopic (exact) mass is 321 g/mol. The highest BCUT2D eigenvalue weighted by atomic mass is 16.3. The standard InChI is InChI=1S/C17H15N5O2/c18-16(19)22-17-20-9-13(10-4-2-1-3-5-10)15(21-17)12-7-6-11(23)8-14(12)24/h1-9,23-24H,(H4,18,19,20,21,22). The fourth-order valence-electron chi connectivity index (χ4n) is 2.30. The van der Waals surface area contributed by atoms with Crippen molar-refractivity contribution in [2.45, 2.75) is 0 Å². The number of hydrogen-bond acceptors (Lipinski definition) is 5. The Morgan fingerprint density at radius 2 is 1.71 bits per heavy atom. The van der Waals surface area contributed by atoms with Crippen molar-refractivity contribution in [2.75, 3.05) is 0 Å². The van der Waals surface area contributed by atoms with Gasteiger partial charge in [0.05, 0.1) is 5.69 Å². The van der Waals surface area contributed by atoms with E-state index in [-0.39, 0.29) is 23.4 Å². The van der Waals surface area contributed by atoms with Gasteiger partial charge in [-0.1, -0.05) is 30.3 Å². The second-order valence-corrected chi connectivity index (χ2v) is 5.04. The molecule has 3 rings (SSSR count). The summed E-state index contributed by atoms with van der Waals surface area (Å²) in [5.74, 6) is -0.238. The second-order valence-electron chi connectivity index (χ2n) is 5.04. The van der Waals surface area contributed by atoms with E-state index in [1.54, 1.807) is 12.3 Å². The van der Waals surface area contributed by atoms with E-state index in [0.29, 0.717) is 16.8 Å². The number of hydrogen-bond donors (Lipinski definition) is 4. The summed E-state index contributed by atoms with van der Waals surface area (Å²) >= 11 is 0. The number of aromatic hydroxyl groups is 2. The molecule has 1 heterocycles. The number of phenols is 2. The predicted molar refractivity (Wildman–Crippen MR) is 91.7 cm³/mol. The summed E-state index contributed by atoms with van der Waals surface area (Å²) < 4.78 is 0. The van der Waals surface area contributed by atoms with Crippen molar-refractivity contribution in [3.63, 3.8) is 0 Å². The van der Waals surface area contributed by atoms with Gasteiger partial charge in [0.2, 0.25) is 0 Å². The average Bonchev–Trinajstić information content (AvgIpc) is 2.55. The molecule has 0 amide bonds. The molecular weight excluding hydrogens is 306 g/mol. The van der Waals surface area contributed by atoms with Crippen LogP contribution in [0.4, 0.5) is 5.95 Å². The molecule has 0 bridgehead atoms. The number of nitrogens with two attached hydrogens (primary N) is 2. The summed E-state index contributed by atoms with van der Waals surface area (Å²) in [6.45, 7) is 0. The lowest BCUT2D eigenvalue weighted by Gasteiger charge is -2.11. The SMILES string of the molecule is NC(N)=Nc1ncc(-c2ccccc2)c(-c2ccc(O)cc2O)n1. The Bertz CT molecular complexity index is 906. The number of phenolic OH excluding ortho intramolecular Hbond substituents is 2. The molecule has 0 unspecified atom stereocenters. The molecule has 0 spiro atoms. The average molecular weight is 321 g/mol. The fraction of sp³-hybridized carbons (Fsp3) is 0. The Morgan fingerprint density at radius 3 is 2.38 bits per heavy atom. The molecule has 0 aliphatic rings. The summed E-state index contributed by atoms with van der Waals surface area (Å²) in [5.41, 5.74) is 13.2. The van der Waals surface area contributed by atoms with Crippen molar-refractivity contribution in [1.82, 2.24) is 9.97 Å². The summed E-state index contributed by atoms with van der Waals surface area (Å²) in [6, 6.07) is 13.8. The first-order chi connectivity index (χ1) is 11.5. The molecule has 0 aliphatic heterocycles. The topological polar surface area (TPSA) is 131 Å². The van der Waals surface area contributed by atoms with Crippen LogP contribution in [0.5, 0.6) is 11.5 Å². The molecule has 7 heteroatoms. The third kappa shape index (κ3) is 3.09. The maximum atomic E-state index is 10.2. The van der Waals surface area contributed by atoms with Crippen LogP contribution in [-0.4, -0.2) is 26.1 Å². The third-order valence-electron chi connectivity index (χ3n) is 3.33. The lowest BCUT2D eigenvalue weighted by Crippen LogP contribution is -2.22. The molecule has 1 aromatic heterocycles. The molecule has 0 saturated carbocycles. The van der Waals surface area contributed by atoms with Gasteiger partial charge in [-0.2, -0.15) is 4.99 Å². The van der Waals surface area contributed by atoms with Gasteiger partial charge in [0.15, 0.2) is 5.96 Å². The predicted octanol–water partition coefficient (Wildman–Crippen LogP) is 2.13. The maximum Gasteiger partial charge on any atom is 0.253 e. The number of rotatable bonds is 3. The van der Waals surface area contributed by atoms with E-state index in [1.807, 2.05) is 30.3 Å². The van der Waals surface area contributed by atoms with Crippen molar-refractivity contribution in [2.24, 2.45) is 16.5 Å². The first kappa shape index (κ1) is 15.3. The lowest BCUT2D eigenvalue weighted by molar-refractivity contribution is 0.452. The van der Waals surface area contributed by atoms with Crippen molar-refractivity contribution < 1.29 is 10.2 Å². The van der Waals surface area contributed by atoms with Gasteiger partial charge in [0.25, 0.3) is 5.95 Å². The van der Waals surface area contributed by atoms with Gasteiger partial charge in [-0.15, -0.1) is 0 Å². The summed E-state index contributed by atoms with van der Waals surface area (Å²) in [6.07, 6.45) is 1.59. The van der Waals surface area contributed by atoms with Gasteiger partial charge in [-0.3, -0.25) is 0 Å². The van der Waals surface area contributed by atoms with Gasteiger partial charge < -0.3 is 21.7 Å². The van der Waals surface area contributed by atoms with Crippen molar-refractivity contribution in [3.8, 4) is 33.9 Å². The normalized spacial score (nSPS) is 10.3. The molecule has 2 aromatic carbocycles. The summed E-state index contributed by atoms with van der Waals surface area (Å²) in [4.78, 5) is 12.3. The van der Waals surface area contributed by atoms with E-state index in [1.165, 1.54) is 12.1 Å². The van der Waals surface area contributed by atoms with Gasteiger partial charge >= 0.3 is 0 Å². The zero-order chi connectivity index (χ0) is 17.1. The van der Waals surface area contributed by atoms with Crippen molar-refractivity contribution in [3.05, 3.63) is 54.7 Å². The van der Waals surface area contributed by atoms with E-state index in [0.717, 1.165) is 5.56 Å². The zero-order valence-corrected chi connectivity index (χ0v) is 12.6. The van der Waals surface area contributed by atoms with E-state index in [9.17, 15) is 10.2 Å². The Hall–Kier alpha value is -3.61. The first-order valence-corrected chi connectivity index (χ1v) is 7.09. The van der Waals surface area contributed by atoms with Crippen LogP contribution in [-0.2, 0) is 0 Å². The molecule has 0 atom stereocenters. The van der Waals surface area contributed by atoms with E-state index in [2.05, 4.69) is 15.0 Å². The van der Waals surface area contributed by atoms with E-state index in [4.69, 9.17) is 11.5 Å². The molecule has 7 nitrogen and oxygen atoms in total. The Balaban J connectivity index is 2.25. The number of aromatic nitrogens is 2. The van der Waals surface area contributed by atoms with E-state index >= 15 is 0 Å². The zero-order valence-electron chi connectivity index (χ0n) is 12.6. The molecule has 0 fully saturated rings. The van der Waals surface area contributed by atoms with Crippen LogP contribution in [0.25, 0.3) is 22.4 Å². The minimum Gasteiger partial charge on any atom is -0.508 e. The quantitative estimate of drug-likeness (QED) is 0.432. The highest BCUT2D eigenvalue weighted by Gasteiger charge is 2.15. The lowest BCUT2D eigenvalue weighted by atomic mass is 10.00. The highest BCUT2D eigenvalue weighted by molar-refractivity contribution is 5.84. The first-order valence-electron chi connectivity index (χ1n) is 7.09. The molecule has 6 N–H and O–H groups in total. The van der Waals surface area contributed by atoms with Crippen LogP contribution in [0.1, 0.15) is 0 Å². The van der Waals surface area contributed by atoms with Crippen molar-refractivity contribution >= 4 is 11.9 Å². The van der Waals surface area contributed by atoms with Crippen LogP contribution in [0.3, 0.4) is 0 Å². The molecule has 0 saturated heterocycles. The summed E-state index contributed by atoms with van der Waals surface area (Å²) in [5, 5.41) is 19.7. The molecule has 0 aliphatic carbocycles. The molecule has 120 valence electrons. The minimum atomic E-state index is -0.164. The third-order valence-corrected chi connectivity index (χ3v) is 3.33. The highest BCUT2D eigenvalue weighted by Crippen LogP contribution is 2.37. The number of aliphatic imine (C=N–C) groups is 1.